The molecule has 1 N–H and O–H groups in total. The SMILES string of the molecule is CCc1ccc(N(CC(=O)N(Cc2c(Cl)cccc2Cl)C(C)C(=O)NC(C)CC)S(=O)(=O)c2ccccc2)cc1. The molecule has 0 saturated heterocycles. The molecule has 0 heterocycles. The van der Waals surface area contributed by atoms with Crippen LogP contribution in [0.1, 0.15) is 45.2 Å². The van der Waals surface area contributed by atoms with Gasteiger partial charge in [0.05, 0.1) is 10.6 Å². The van der Waals surface area contributed by atoms with Crippen molar-refractivity contribution in [1.82, 2.24) is 10.2 Å². The predicted molar refractivity (Wildman–Crippen MR) is 161 cm³/mol. The third-order valence-electron chi connectivity index (χ3n) is 6.80. The molecule has 2 unspecified atom stereocenters. The first-order valence-corrected chi connectivity index (χ1v) is 15.4. The molecule has 0 aliphatic rings. The maximum absolute atomic E-state index is 14.0. The van der Waals surface area contributed by atoms with Gasteiger partial charge in [-0.2, -0.15) is 0 Å². The number of nitrogens with one attached hydrogen (secondary N) is 1. The minimum atomic E-state index is -4.13. The van der Waals surface area contributed by atoms with Crippen molar-refractivity contribution < 1.29 is 18.0 Å². The van der Waals surface area contributed by atoms with Crippen molar-refractivity contribution in [3.05, 3.63) is 94.0 Å². The third-order valence-corrected chi connectivity index (χ3v) is 9.30. The van der Waals surface area contributed by atoms with Crippen molar-refractivity contribution in [3.8, 4) is 0 Å². The molecule has 40 heavy (non-hydrogen) atoms. The Morgan fingerprint density at radius 2 is 1.48 bits per heavy atom. The van der Waals surface area contributed by atoms with E-state index in [9.17, 15) is 18.0 Å². The normalized spacial score (nSPS) is 12.8. The maximum atomic E-state index is 14.0. The van der Waals surface area contributed by atoms with Crippen LogP contribution in [0.3, 0.4) is 0 Å². The van der Waals surface area contributed by atoms with E-state index in [2.05, 4.69) is 5.32 Å². The Bertz CT molecular complexity index is 1400. The molecule has 214 valence electrons. The van der Waals surface area contributed by atoms with Crippen molar-refractivity contribution in [2.24, 2.45) is 0 Å². The number of sulfonamides is 1. The zero-order valence-electron chi connectivity index (χ0n) is 23.1. The van der Waals surface area contributed by atoms with Gasteiger partial charge in [0.2, 0.25) is 11.8 Å². The number of anilines is 1. The summed E-state index contributed by atoms with van der Waals surface area (Å²) in [6, 6.07) is 18.9. The number of nitrogens with zero attached hydrogens (tertiary/aromatic N) is 2. The fourth-order valence-corrected chi connectivity index (χ4v) is 6.00. The zero-order valence-corrected chi connectivity index (χ0v) is 25.4. The van der Waals surface area contributed by atoms with Crippen LogP contribution in [-0.2, 0) is 32.6 Å². The van der Waals surface area contributed by atoms with Crippen LogP contribution in [0.25, 0.3) is 0 Å². The van der Waals surface area contributed by atoms with Gasteiger partial charge in [0.25, 0.3) is 10.0 Å². The molecule has 0 aromatic heterocycles. The van der Waals surface area contributed by atoms with Crippen LogP contribution >= 0.6 is 23.2 Å². The Morgan fingerprint density at radius 1 is 0.875 bits per heavy atom. The lowest BCUT2D eigenvalue weighted by atomic mass is 10.1. The molecular weight excluding hydrogens is 569 g/mol. The second-order valence-electron chi connectivity index (χ2n) is 9.56. The van der Waals surface area contributed by atoms with E-state index in [1.54, 1.807) is 55.5 Å². The van der Waals surface area contributed by atoms with Gasteiger partial charge in [-0.05, 0) is 68.7 Å². The van der Waals surface area contributed by atoms with Crippen molar-refractivity contribution in [2.45, 2.75) is 64.1 Å². The van der Waals surface area contributed by atoms with Crippen molar-refractivity contribution in [3.63, 3.8) is 0 Å². The summed E-state index contributed by atoms with van der Waals surface area (Å²) in [5.74, 6) is -0.947. The first-order chi connectivity index (χ1) is 19.0. The Hall–Kier alpha value is -3.07. The summed E-state index contributed by atoms with van der Waals surface area (Å²) in [7, 11) is -4.13. The van der Waals surface area contributed by atoms with Crippen LogP contribution in [0, 0.1) is 0 Å². The van der Waals surface area contributed by atoms with E-state index in [-0.39, 0.29) is 23.4 Å². The molecule has 0 radical (unpaired) electrons. The van der Waals surface area contributed by atoms with E-state index in [0.717, 1.165) is 16.3 Å². The zero-order chi connectivity index (χ0) is 29.4. The number of halogens is 2. The van der Waals surface area contributed by atoms with E-state index < -0.39 is 28.5 Å². The summed E-state index contributed by atoms with van der Waals surface area (Å²) in [4.78, 5) is 28.5. The lowest BCUT2D eigenvalue weighted by Gasteiger charge is -2.33. The fraction of sp³-hybridized carbons (Fsp3) is 0.333. The molecule has 0 saturated carbocycles. The van der Waals surface area contributed by atoms with E-state index in [4.69, 9.17) is 23.2 Å². The molecule has 10 heteroatoms. The predicted octanol–water partition coefficient (Wildman–Crippen LogP) is 6.08. The summed E-state index contributed by atoms with van der Waals surface area (Å²) in [5, 5.41) is 3.58. The third kappa shape index (κ3) is 7.56. The lowest BCUT2D eigenvalue weighted by Crippen LogP contribution is -2.52. The van der Waals surface area contributed by atoms with Gasteiger partial charge in [0.15, 0.2) is 0 Å². The Labute approximate surface area is 247 Å². The number of benzene rings is 3. The molecule has 2 atom stereocenters. The van der Waals surface area contributed by atoms with Crippen LogP contribution in [0.5, 0.6) is 0 Å². The van der Waals surface area contributed by atoms with E-state index in [0.29, 0.717) is 27.7 Å². The fourth-order valence-electron chi connectivity index (χ4n) is 4.05. The number of rotatable bonds is 12. The van der Waals surface area contributed by atoms with Crippen molar-refractivity contribution in [2.75, 3.05) is 10.8 Å². The van der Waals surface area contributed by atoms with Gasteiger partial charge in [0, 0.05) is 28.2 Å². The number of carbonyl (C=O) groups excluding carboxylic acids is 2. The summed E-state index contributed by atoms with van der Waals surface area (Å²) in [5.41, 5.74) is 1.83. The maximum Gasteiger partial charge on any atom is 0.264 e. The number of aryl methyl sites for hydroxylation is 1. The van der Waals surface area contributed by atoms with Gasteiger partial charge < -0.3 is 10.2 Å². The Morgan fingerprint density at radius 3 is 2.02 bits per heavy atom. The van der Waals surface area contributed by atoms with Crippen LogP contribution in [0.15, 0.2) is 77.7 Å². The van der Waals surface area contributed by atoms with Gasteiger partial charge in [-0.25, -0.2) is 8.42 Å². The van der Waals surface area contributed by atoms with Crippen LogP contribution in [0.2, 0.25) is 10.0 Å². The summed E-state index contributed by atoms with van der Waals surface area (Å²) < 4.78 is 28.7. The average molecular weight is 605 g/mol. The molecule has 0 spiro atoms. The number of hydrogen-bond donors (Lipinski definition) is 1. The number of amides is 2. The van der Waals surface area contributed by atoms with E-state index in [1.807, 2.05) is 32.9 Å². The molecule has 0 fully saturated rings. The molecule has 2 amide bonds. The monoisotopic (exact) mass is 603 g/mol. The molecule has 0 aliphatic heterocycles. The highest BCUT2D eigenvalue weighted by molar-refractivity contribution is 7.92. The molecule has 0 bridgehead atoms. The standard InChI is InChI=1S/C30H35Cl2N3O4S/c1-5-21(3)33-30(37)22(4)34(19-26-27(31)13-10-14-28(26)32)29(36)20-35(24-17-15-23(6-2)16-18-24)40(38,39)25-11-8-7-9-12-25/h7-18,21-22H,5-6,19-20H2,1-4H3,(H,33,37). The molecule has 3 aromatic carbocycles. The second-order valence-corrected chi connectivity index (χ2v) is 12.2. The average Bonchev–Trinajstić information content (AvgIpc) is 2.95. The van der Waals surface area contributed by atoms with Gasteiger partial charge >= 0.3 is 0 Å². The van der Waals surface area contributed by atoms with Crippen molar-refractivity contribution >= 4 is 50.7 Å². The van der Waals surface area contributed by atoms with Gasteiger partial charge in [0.1, 0.15) is 12.6 Å². The lowest BCUT2D eigenvalue weighted by molar-refractivity contribution is -0.139. The summed E-state index contributed by atoms with van der Waals surface area (Å²) in [6.07, 6.45) is 1.49. The summed E-state index contributed by atoms with van der Waals surface area (Å²) in [6.45, 7) is 6.80. The van der Waals surface area contributed by atoms with Crippen LogP contribution < -0.4 is 9.62 Å². The Kier molecular flexibility index (Phi) is 11.0. The van der Waals surface area contributed by atoms with E-state index >= 15 is 0 Å². The minimum absolute atomic E-state index is 0.0469. The smallest absolute Gasteiger partial charge is 0.264 e. The van der Waals surface area contributed by atoms with Gasteiger partial charge in [-0.15, -0.1) is 0 Å². The molecular formula is C30H35Cl2N3O4S. The van der Waals surface area contributed by atoms with Crippen LogP contribution in [0.4, 0.5) is 5.69 Å². The molecule has 3 aromatic rings. The minimum Gasteiger partial charge on any atom is -0.352 e. The highest BCUT2D eigenvalue weighted by Crippen LogP contribution is 2.28. The first-order valence-electron chi connectivity index (χ1n) is 13.2. The van der Waals surface area contributed by atoms with Gasteiger partial charge in [-0.1, -0.05) is 73.4 Å². The highest BCUT2D eigenvalue weighted by atomic mass is 35.5. The first kappa shape index (κ1) is 31.5. The number of hydrogen-bond acceptors (Lipinski definition) is 4. The van der Waals surface area contributed by atoms with Gasteiger partial charge in [-0.3, -0.25) is 13.9 Å². The van der Waals surface area contributed by atoms with E-state index in [1.165, 1.54) is 17.0 Å². The van der Waals surface area contributed by atoms with Crippen molar-refractivity contribution in [1.29, 1.82) is 0 Å². The molecule has 7 nitrogen and oxygen atoms in total. The molecule has 3 rings (SSSR count). The Balaban J connectivity index is 2.05. The number of carbonyl (C=O) groups is 2. The highest BCUT2D eigenvalue weighted by Gasteiger charge is 2.33. The topological polar surface area (TPSA) is 86.8 Å². The largest absolute Gasteiger partial charge is 0.352 e. The van der Waals surface area contributed by atoms with Crippen LogP contribution in [-0.4, -0.2) is 43.8 Å². The quantitative estimate of drug-likeness (QED) is 0.272. The molecule has 0 aliphatic carbocycles. The second kappa shape index (κ2) is 14.0. The summed E-state index contributed by atoms with van der Waals surface area (Å²) >= 11 is 12.8.